The Morgan fingerprint density at radius 3 is 2.64 bits per heavy atom. The van der Waals surface area contributed by atoms with Crippen molar-refractivity contribution in [3.05, 3.63) is 82.0 Å². The van der Waals surface area contributed by atoms with Crippen LogP contribution in [0.1, 0.15) is 44.4 Å². The van der Waals surface area contributed by atoms with Crippen molar-refractivity contribution in [3.63, 3.8) is 0 Å². The summed E-state index contributed by atoms with van der Waals surface area (Å²) in [5.41, 5.74) is 9.17. The quantitative estimate of drug-likeness (QED) is 0.397. The number of hydrogen-bond acceptors (Lipinski definition) is 5. The second kappa shape index (κ2) is 8.15. The summed E-state index contributed by atoms with van der Waals surface area (Å²) in [5.74, 6) is -0.1000. The Bertz CT molecular complexity index is 1330. The van der Waals surface area contributed by atoms with Crippen molar-refractivity contribution in [2.24, 2.45) is 0 Å². The molecular formula is C24H19F3N4OS. The molecule has 168 valence electrons. The number of aromatic nitrogens is 2. The number of nitrogen functional groups attached to an aromatic ring is 1. The molecule has 0 aliphatic heterocycles. The Morgan fingerprint density at radius 2 is 1.94 bits per heavy atom. The van der Waals surface area contributed by atoms with Gasteiger partial charge in [0.25, 0.3) is 5.91 Å². The number of rotatable bonds is 3. The number of fused-ring (bicyclic) bond motifs is 2. The van der Waals surface area contributed by atoms with Gasteiger partial charge in [0.05, 0.1) is 11.3 Å². The van der Waals surface area contributed by atoms with Gasteiger partial charge in [-0.15, -0.1) is 11.3 Å². The van der Waals surface area contributed by atoms with Crippen LogP contribution in [0.15, 0.2) is 54.7 Å². The van der Waals surface area contributed by atoms with E-state index in [4.69, 9.17) is 10.7 Å². The summed E-state index contributed by atoms with van der Waals surface area (Å²) in [6, 6.07) is 14.4. The number of carbonyl (C=O) groups is 1. The standard InChI is InChI=1S/C24H19F3N4OS/c25-24(26,27)16-7-9-19(29-12-16)31-22(32)21-20(28)17-11-15-10-14(13-4-2-1-3-5-13)6-8-18(15)30-23(17)33-21/h1-5,7,9,11-12,14H,6,8,10,28H2,(H,29,31,32)/t14-/m0/s1. The molecule has 1 amide bonds. The summed E-state index contributed by atoms with van der Waals surface area (Å²) < 4.78 is 38.2. The molecule has 4 aromatic rings. The molecule has 0 unspecified atom stereocenters. The van der Waals surface area contributed by atoms with Crippen LogP contribution in [-0.4, -0.2) is 15.9 Å². The highest BCUT2D eigenvalue weighted by atomic mass is 32.1. The largest absolute Gasteiger partial charge is 0.417 e. The number of alkyl halides is 3. The number of hydrogen-bond donors (Lipinski definition) is 2. The van der Waals surface area contributed by atoms with Crippen molar-refractivity contribution in [3.8, 4) is 0 Å². The van der Waals surface area contributed by atoms with Crippen molar-refractivity contribution in [2.45, 2.75) is 31.4 Å². The highest BCUT2D eigenvalue weighted by molar-refractivity contribution is 7.21. The first-order valence-corrected chi connectivity index (χ1v) is 11.2. The number of carbonyl (C=O) groups excluding carboxylic acids is 1. The SMILES string of the molecule is Nc1c(C(=O)Nc2ccc(C(F)(F)F)cn2)sc2nc3c(cc12)C[C@@H](c1ccccc1)CC3. The van der Waals surface area contributed by atoms with E-state index in [0.717, 1.165) is 48.0 Å². The first-order chi connectivity index (χ1) is 15.8. The van der Waals surface area contributed by atoms with Crippen molar-refractivity contribution >= 4 is 39.0 Å². The minimum Gasteiger partial charge on any atom is -0.397 e. The van der Waals surface area contributed by atoms with Crippen LogP contribution >= 0.6 is 11.3 Å². The van der Waals surface area contributed by atoms with Gasteiger partial charge in [0.15, 0.2) is 0 Å². The predicted molar refractivity (Wildman–Crippen MR) is 122 cm³/mol. The van der Waals surface area contributed by atoms with Crippen molar-refractivity contribution in [2.75, 3.05) is 11.1 Å². The molecule has 3 N–H and O–H groups in total. The lowest BCUT2D eigenvalue weighted by Gasteiger charge is -2.24. The zero-order chi connectivity index (χ0) is 23.2. The van der Waals surface area contributed by atoms with Gasteiger partial charge in [-0.1, -0.05) is 30.3 Å². The van der Waals surface area contributed by atoms with Gasteiger partial charge in [-0.25, -0.2) is 9.97 Å². The van der Waals surface area contributed by atoms with Gasteiger partial charge in [0.1, 0.15) is 15.5 Å². The molecule has 33 heavy (non-hydrogen) atoms. The Morgan fingerprint density at radius 1 is 1.15 bits per heavy atom. The average molecular weight is 469 g/mol. The maximum absolute atomic E-state index is 12.8. The Labute approximate surface area is 191 Å². The van der Waals surface area contributed by atoms with Crippen LogP contribution in [0.3, 0.4) is 0 Å². The van der Waals surface area contributed by atoms with E-state index in [9.17, 15) is 18.0 Å². The monoisotopic (exact) mass is 468 g/mol. The lowest BCUT2D eigenvalue weighted by molar-refractivity contribution is -0.137. The molecule has 1 atom stereocenters. The lowest BCUT2D eigenvalue weighted by Crippen LogP contribution is -2.14. The number of halogens is 3. The van der Waals surface area contributed by atoms with Crippen molar-refractivity contribution < 1.29 is 18.0 Å². The number of amides is 1. The maximum Gasteiger partial charge on any atom is 0.417 e. The lowest BCUT2D eigenvalue weighted by atomic mass is 9.82. The number of thiophene rings is 1. The fourth-order valence-electron chi connectivity index (χ4n) is 4.18. The molecule has 0 bridgehead atoms. The molecule has 1 aromatic carbocycles. The van der Waals surface area contributed by atoms with E-state index < -0.39 is 17.6 Å². The Balaban J connectivity index is 1.40. The summed E-state index contributed by atoms with van der Waals surface area (Å²) in [7, 11) is 0. The smallest absolute Gasteiger partial charge is 0.397 e. The Kier molecular flexibility index (Phi) is 5.28. The normalized spacial score (nSPS) is 15.9. The average Bonchev–Trinajstić information content (AvgIpc) is 3.13. The highest BCUT2D eigenvalue weighted by Crippen LogP contribution is 2.38. The molecule has 1 aliphatic carbocycles. The number of nitrogens with one attached hydrogen (secondary N) is 1. The van der Waals surface area contributed by atoms with Crippen LogP contribution in [0, 0.1) is 0 Å². The van der Waals surface area contributed by atoms with E-state index in [0.29, 0.717) is 22.6 Å². The molecule has 5 rings (SSSR count). The van der Waals surface area contributed by atoms with E-state index in [1.165, 1.54) is 16.9 Å². The molecule has 9 heteroatoms. The summed E-state index contributed by atoms with van der Waals surface area (Å²) in [6.45, 7) is 0. The molecule has 0 spiro atoms. The van der Waals surface area contributed by atoms with Gasteiger partial charge in [0.2, 0.25) is 0 Å². The zero-order valence-corrected chi connectivity index (χ0v) is 18.1. The van der Waals surface area contributed by atoms with E-state index >= 15 is 0 Å². The number of pyridine rings is 2. The highest BCUT2D eigenvalue weighted by Gasteiger charge is 2.31. The minimum absolute atomic E-state index is 0.0165. The Hall–Kier alpha value is -3.46. The zero-order valence-electron chi connectivity index (χ0n) is 17.3. The van der Waals surface area contributed by atoms with Crippen LogP contribution < -0.4 is 11.1 Å². The van der Waals surface area contributed by atoms with Gasteiger partial charge < -0.3 is 11.1 Å². The second-order valence-corrected chi connectivity index (χ2v) is 9.03. The molecule has 5 nitrogen and oxygen atoms in total. The van der Waals surface area contributed by atoms with E-state index in [2.05, 4.69) is 22.4 Å². The molecule has 3 heterocycles. The fraction of sp³-hybridized carbons (Fsp3) is 0.208. The number of aryl methyl sites for hydroxylation is 1. The van der Waals surface area contributed by atoms with E-state index in [1.807, 2.05) is 24.3 Å². The van der Waals surface area contributed by atoms with Crippen molar-refractivity contribution in [1.29, 1.82) is 0 Å². The van der Waals surface area contributed by atoms with Gasteiger partial charge in [-0.3, -0.25) is 4.79 Å². The van der Waals surface area contributed by atoms with Crippen LogP contribution in [0.2, 0.25) is 0 Å². The molecule has 3 aromatic heterocycles. The fourth-order valence-corrected chi connectivity index (χ4v) is 5.17. The molecular weight excluding hydrogens is 449 g/mol. The first-order valence-electron chi connectivity index (χ1n) is 10.4. The minimum atomic E-state index is -4.49. The third-order valence-corrected chi connectivity index (χ3v) is 7.01. The van der Waals surface area contributed by atoms with Crippen LogP contribution in [0.25, 0.3) is 10.2 Å². The number of nitrogens with two attached hydrogens (primary N) is 1. The van der Waals surface area contributed by atoms with Crippen LogP contribution in [-0.2, 0) is 19.0 Å². The molecule has 0 saturated heterocycles. The van der Waals surface area contributed by atoms with Gasteiger partial charge in [0, 0.05) is 17.3 Å². The topological polar surface area (TPSA) is 80.9 Å². The summed E-state index contributed by atoms with van der Waals surface area (Å²) in [6.07, 6.45) is -1.10. The summed E-state index contributed by atoms with van der Waals surface area (Å²) >= 11 is 1.17. The molecule has 1 aliphatic rings. The van der Waals surface area contributed by atoms with Crippen molar-refractivity contribution in [1.82, 2.24) is 9.97 Å². The maximum atomic E-state index is 12.8. The number of anilines is 2. The third-order valence-electron chi connectivity index (χ3n) is 5.90. The predicted octanol–water partition coefficient (Wildman–Crippen LogP) is 5.82. The van der Waals surface area contributed by atoms with Gasteiger partial charge >= 0.3 is 6.18 Å². The van der Waals surface area contributed by atoms with Crippen LogP contribution in [0.5, 0.6) is 0 Å². The second-order valence-electron chi connectivity index (χ2n) is 8.03. The van der Waals surface area contributed by atoms with Crippen LogP contribution in [0.4, 0.5) is 24.7 Å². The third kappa shape index (κ3) is 4.16. The molecule has 0 fully saturated rings. The number of nitrogens with zero attached hydrogens (tertiary/aromatic N) is 2. The summed E-state index contributed by atoms with van der Waals surface area (Å²) in [4.78, 5) is 22.2. The number of benzene rings is 1. The van der Waals surface area contributed by atoms with E-state index in [1.54, 1.807) is 0 Å². The van der Waals surface area contributed by atoms with Gasteiger partial charge in [-0.2, -0.15) is 13.2 Å². The van der Waals surface area contributed by atoms with Gasteiger partial charge in [-0.05, 0) is 54.5 Å². The molecule has 0 radical (unpaired) electrons. The van der Waals surface area contributed by atoms with E-state index in [-0.39, 0.29) is 10.7 Å². The molecule has 0 saturated carbocycles. The summed E-state index contributed by atoms with van der Waals surface area (Å²) in [5, 5.41) is 3.24. The first kappa shape index (κ1) is 21.4.